The van der Waals surface area contributed by atoms with Gasteiger partial charge in [0.1, 0.15) is 16.5 Å². The van der Waals surface area contributed by atoms with E-state index < -0.39 is 16.0 Å². The average molecular weight is 491 g/mol. The number of ether oxygens (including phenoxy) is 1. The lowest BCUT2D eigenvalue weighted by Gasteiger charge is -2.13. The lowest BCUT2D eigenvalue weighted by Crippen LogP contribution is -2.13. The average Bonchev–Trinajstić information content (AvgIpc) is 2.81. The van der Waals surface area contributed by atoms with Crippen LogP contribution >= 0.6 is 0 Å². The van der Waals surface area contributed by atoms with Crippen LogP contribution in [0.4, 0.5) is 5.69 Å². The highest BCUT2D eigenvalue weighted by Crippen LogP contribution is 2.32. The molecule has 0 bridgehead atoms. The van der Waals surface area contributed by atoms with E-state index in [1.54, 1.807) is 31.2 Å². The lowest BCUT2D eigenvalue weighted by atomic mass is 10.1. The first-order valence-corrected chi connectivity index (χ1v) is 12.3. The van der Waals surface area contributed by atoms with Crippen LogP contribution in [0.3, 0.4) is 0 Å². The molecule has 0 atom stereocenters. The Morgan fingerprint density at radius 3 is 2.31 bits per heavy atom. The lowest BCUT2D eigenvalue weighted by molar-refractivity contribution is -0.112. The molecule has 0 saturated carbocycles. The number of carbonyl (C=O) groups is 1. The molecule has 1 amide bonds. The third-order valence-corrected chi connectivity index (χ3v) is 6.47. The second kappa shape index (κ2) is 10.9. The number of aryl methyl sites for hydroxylation is 3. The molecule has 0 radical (unpaired) electrons. The van der Waals surface area contributed by atoms with Gasteiger partial charge in [-0.1, -0.05) is 29.8 Å². The maximum Gasteiger partial charge on any atom is 0.339 e. The van der Waals surface area contributed by atoms with E-state index in [1.165, 1.54) is 30.3 Å². The summed E-state index contributed by atoms with van der Waals surface area (Å²) < 4.78 is 36.3. The number of nitrogens with one attached hydrogen (secondary N) is 1. The van der Waals surface area contributed by atoms with Gasteiger partial charge in [-0.3, -0.25) is 4.79 Å². The maximum atomic E-state index is 12.7. The Kier molecular flexibility index (Phi) is 7.94. The zero-order valence-electron chi connectivity index (χ0n) is 20.0. The van der Waals surface area contributed by atoms with Crippen LogP contribution in [0.25, 0.3) is 6.08 Å². The van der Waals surface area contributed by atoms with Crippen molar-refractivity contribution in [1.82, 2.24) is 0 Å². The highest BCUT2D eigenvalue weighted by Gasteiger charge is 2.20. The molecule has 7 nitrogen and oxygen atoms in total. The van der Waals surface area contributed by atoms with Crippen molar-refractivity contribution in [1.29, 1.82) is 5.26 Å². The topological polar surface area (TPSA) is 105 Å². The van der Waals surface area contributed by atoms with Crippen molar-refractivity contribution in [3.63, 3.8) is 0 Å². The molecule has 0 aromatic heterocycles. The van der Waals surface area contributed by atoms with E-state index in [1.807, 2.05) is 39.0 Å². The molecule has 3 aromatic rings. The quantitative estimate of drug-likeness (QED) is 0.260. The summed E-state index contributed by atoms with van der Waals surface area (Å²) in [7, 11) is -4.08. The molecule has 180 valence electrons. The van der Waals surface area contributed by atoms with Gasteiger partial charge in [0.2, 0.25) is 0 Å². The Morgan fingerprint density at radius 1 is 0.971 bits per heavy atom. The second-order valence-electron chi connectivity index (χ2n) is 7.91. The van der Waals surface area contributed by atoms with Gasteiger partial charge in [-0.2, -0.15) is 13.7 Å². The molecule has 3 aromatic carbocycles. The fourth-order valence-electron chi connectivity index (χ4n) is 3.16. The number of nitrogens with zero attached hydrogens (tertiary/aromatic N) is 1. The molecule has 0 aliphatic heterocycles. The zero-order chi connectivity index (χ0) is 25.6. The van der Waals surface area contributed by atoms with E-state index in [4.69, 9.17) is 8.92 Å². The molecular formula is C27H26N2O5S. The maximum absolute atomic E-state index is 12.7. The number of benzene rings is 3. The predicted molar refractivity (Wildman–Crippen MR) is 135 cm³/mol. The van der Waals surface area contributed by atoms with E-state index in [0.717, 1.165) is 16.7 Å². The minimum Gasteiger partial charge on any atom is -0.490 e. The van der Waals surface area contributed by atoms with Gasteiger partial charge >= 0.3 is 10.1 Å². The molecule has 0 spiro atoms. The molecule has 1 N–H and O–H groups in total. The summed E-state index contributed by atoms with van der Waals surface area (Å²) >= 11 is 0. The van der Waals surface area contributed by atoms with Crippen LogP contribution in [0.5, 0.6) is 11.5 Å². The second-order valence-corrected chi connectivity index (χ2v) is 9.46. The molecule has 0 heterocycles. The number of hydrogen-bond donors (Lipinski definition) is 1. The summed E-state index contributed by atoms with van der Waals surface area (Å²) in [5.74, 6) is -0.387. The first-order chi connectivity index (χ1) is 16.6. The summed E-state index contributed by atoms with van der Waals surface area (Å²) in [6.45, 7) is 7.76. The minimum atomic E-state index is -4.08. The smallest absolute Gasteiger partial charge is 0.339 e. The fraction of sp³-hybridized carbons (Fsp3) is 0.185. The molecule has 0 fully saturated rings. The monoisotopic (exact) mass is 490 g/mol. The molecule has 0 saturated heterocycles. The molecule has 0 unspecified atom stereocenters. The fourth-order valence-corrected chi connectivity index (χ4v) is 4.10. The highest BCUT2D eigenvalue weighted by atomic mass is 32.2. The number of nitriles is 1. The van der Waals surface area contributed by atoms with Crippen LogP contribution in [-0.2, 0) is 14.9 Å². The van der Waals surface area contributed by atoms with Crippen molar-refractivity contribution in [2.45, 2.75) is 32.6 Å². The number of amides is 1. The van der Waals surface area contributed by atoms with Crippen LogP contribution in [0, 0.1) is 32.1 Å². The van der Waals surface area contributed by atoms with Crippen molar-refractivity contribution >= 4 is 27.8 Å². The highest BCUT2D eigenvalue weighted by molar-refractivity contribution is 7.87. The van der Waals surface area contributed by atoms with Crippen LogP contribution in [-0.4, -0.2) is 20.9 Å². The Hall–Kier alpha value is -4.09. The Morgan fingerprint density at radius 2 is 1.69 bits per heavy atom. The first-order valence-electron chi connectivity index (χ1n) is 10.9. The zero-order valence-corrected chi connectivity index (χ0v) is 20.8. The summed E-state index contributed by atoms with van der Waals surface area (Å²) in [5.41, 5.74) is 3.97. The van der Waals surface area contributed by atoms with E-state index >= 15 is 0 Å². The third-order valence-electron chi connectivity index (χ3n) is 5.22. The van der Waals surface area contributed by atoms with Crippen molar-refractivity contribution in [3.8, 4) is 17.6 Å². The minimum absolute atomic E-state index is 0.00247. The standard InChI is InChI=1S/C27H26N2O5S/c1-5-33-26-16-21(9-13-25(26)34-35(31,32)24-11-6-18(2)7-12-24)15-22(17-28)27(30)29-23-10-8-19(3)20(4)14-23/h6-16H,5H2,1-4H3,(H,29,30)/b22-15+. The van der Waals surface area contributed by atoms with Crippen molar-refractivity contribution < 1.29 is 22.1 Å². The number of carbonyl (C=O) groups excluding carboxylic acids is 1. The van der Waals surface area contributed by atoms with Gasteiger partial charge in [0.15, 0.2) is 11.5 Å². The van der Waals surface area contributed by atoms with E-state index in [9.17, 15) is 18.5 Å². The van der Waals surface area contributed by atoms with Crippen LogP contribution < -0.4 is 14.2 Å². The van der Waals surface area contributed by atoms with E-state index in [0.29, 0.717) is 11.3 Å². The van der Waals surface area contributed by atoms with E-state index in [2.05, 4.69) is 5.32 Å². The normalized spacial score (nSPS) is 11.5. The molecule has 8 heteroatoms. The van der Waals surface area contributed by atoms with Crippen LogP contribution in [0.2, 0.25) is 0 Å². The van der Waals surface area contributed by atoms with Gasteiger partial charge in [-0.05, 0) is 86.9 Å². The summed E-state index contributed by atoms with van der Waals surface area (Å²) in [4.78, 5) is 12.7. The number of hydrogen-bond acceptors (Lipinski definition) is 6. The van der Waals surface area contributed by atoms with Gasteiger partial charge in [0.25, 0.3) is 5.91 Å². The largest absolute Gasteiger partial charge is 0.490 e. The summed E-state index contributed by atoms with van der Waals surface area (Å²) in [6.07, 6.45) is 1.40. The number of anilines is 1. The van der Waals surface area contributed by atoms with E-state index in [-0.39, 0.29) is 28.6 Å². The van der Waals surface area contributed by atoms with Gasteiger partial charge < -0.3 is 14.2 Å². The Labute approximate surface area is 205 Å². The number of rotatable bonds is 8. The van der Waals surface area contributed by atoms with Crippen molar-refractivity contribution in [3.05, 3.63) is 88.5 Å². The molecule has 0 aliphatic carbocycles. The van der Waals surface area contributed by atoms with Gasteiger partial charge in [-0.25, -0.2) is 0 Å². The van der Waals surface area contributed by atoms with Crippen LogP contribution in [0.15, 0.2) is 71.1 Å². The molecule has 3 rings (SSSR count). The van der Waals surface area contributed by atoms with Gasteiger partial charge in [-0.15, -0.1) is 0 Å². The predicted octanol–water partition coefficient (Wildman–Crippen LogP) is 5.32. The molecule has 35 heavy (non-hydrogen) atoms. The van der Waals surface area contributed by atoms with Crippen molar-refractivity contribution in [2.75, 3.05) is 11.9 Å². The SMILES string of the molecule is CCOc1cc(/C=C(\C#N)C(=O)Nc2ccc(C)c(C)c2)ccc1OS(=O)(=O)c1ccc(C)cc1. The molecular weight excluding hydrogens is 464 g/mol. The first kappa shape index (κ1) is 25.5. The Bertz CT molecular complexity index is 1420. The van der Waals surface area contributed by atoms with Gasteiger partial charge in [0, 0.05) is 5.69 Å². The van der Waals surface area contributed by atoms with Crippen molar-refractivity contribution in [2.24, 2.45) is 0 Å². The Balaban J connectivity index is 1.87. The van der Waals surface area contributed by atoms with Gasteiger partial charge in [0.05, 0.1) is 6.61 Å². The molecule has 0 aliphatic rings. The third kappa shape index (κ3) is 6.49. The summed E-state index contributed by atoms with van der Waals surface area (Å²) in [5, 5.41) is 12.3. The van der Waals surface area contributed by atoms with Crippen LogP contribution in [0.1, 0.15) is 29.2 Å². The summed E-state index contributed by atoms with van der Waals surface area (Å²) in [6, 6.07) is 18.2.